The number of pyridine rings is 1. The summed E-state index contributed by atoms with van der Waals surface area (Å²) in [5.41, 5.74) is 3.13. The third-order valence-corrected chi connectivity index (χ3v) is 3.08. The summed E-state index contributed by atoms with van der Waals surface area (Å²) in [6.07, 6.45) is 2.74. The van der Waals surface area contributed by atoms with Gasteiger partial charge in [-0.1, -0.05) is 18.5 Å². The number of ketones is 1. The van der Waals surface area contributed by atoms with Crippen molar-refractivity contribution in [3.8, 4) is 5.75 Å². The fourth-order valence-corrected chi connectivity index (χ4v) is 1.88. The van der Waals surface area contributed by atoms with Crippen LogP contribution < -0.4 is 10.2 Å². The van der Waals surface area contributed by atoms with Crippen LogP contribution in [0.1, 0.15) is 35.5 Å². The van der Waals surface area contributed by atoms with Gasteiger partial charge in [-0.05, 0) is 43.2 Å². The summed E-state index contributed by atoms with van der Waals surface area (Å²) in [5, 5.41) is 0. The van der Waals surface area contributed by atoms with Crippen molar-refractivity contribution >= 4 is 19.1 Å². The topological polar surface area (TPSA) is 39.2 Å². The SMILES string of the molecule is [B]c1cc(C(C)=O)ccc1OCc1cc(CC)ccn1. The third kappa shape index (κ3) is 3.47. The molecule has 3 nitrogen and oxygen atoms in total. The van der Waals surface area contributed by atoms with Crippen molar-refractivity contribution < 1.29 is 9.53 Å². The number of aromatic nitrogens is 1. The van der Waals surface area contributed by atoms with Crippen LogP contribution in [0.4, 0.5) is 0 Å². The second-order valence-corrected chi connectivity index (χ2v) is 4.61. The molecule has 100 valence electrons. The fourth-order valence-electron chi connectivity index (χ4n) is 1.88. The van der Waals surface area contributed by atoms with Gasteiger partial charge in [-0.15, -0.1) is 0 Å². The molecule has 0 N–H and O–H groups in total. The molecule has 0 aliphatic heterocycles. The maximum atomic E-state index is 11.3. The zero-order valence-corrected chi connectivity index (χ0v) is 11.7. The minimum absolute atomic E-state index is 0.0134. The van der Waals surface area contributed by atoms with E-state index in [0.29, 0.717) is 23.4 Å². The molecule has 0 saturated carbocycles. The number of benzene rings is 1. The van der Waals surface area contributed by atoms with Crippen LogP contribution in [-0.2, 0) is 13.0 Å². The Hall–Kier alpha value is -2.10. The van der Waals surface area contributed by atoms with Crippen molar-refractivity contribution in [2.24, 2.45) is 0 Å². The Bertz CT molecular complexity index is 626. The molecule has 2 rings (SSSR count). The number of hydrogen-bond donors (Lipinski definition) is 0. The Balaban J connectivity index is 2.08. The fraction of sp³-hybridized carbons (Fsp3) is 0.250. The second kappa shape index (κ2) is 6.37. The van der Waals surface area contributed by atoms with Crippen LogP contribution in [0.5, 0.6) is 5.75 Å². The number of aryl methyl sites for hydroxylation is 1. The molecule has 0 atom stereocenters. The van der Waals surface area contributed by atoms with Gasteiger partial charge in [0.25, 0.3) is 0 Å². The number of rotatable bonds is 5. The van der Waals surface area contributed by atoms with Crippen molar-refractivity contribution in [3.63, 3.8) is 0 Å². The van der Waals surface area contributed by atoms with Gasteiger partial charge in [0, 0.05) is 11.8 Å². The van der Waals surface area contributed by atoms with E-state index >= 15 is 0 Å². The molecule has 0 spiro atoms. The van der Waals surface area contributed by atoms with E-state index in [1.165, 1.54) is 12.5 Å². The van der Waals surface area contributed by atoms with E-state index < -0.39 is 0 Å². The first kappa shape index (κ1) is 14.3. The van der Waals surface area contributed by atoms with E-state index in [2.05, 4.69) is 11.9 Å². The van der Waals surface area contributed by atoms with Gasteiger partial charge in [0.1, 0.15) is 20.2 Å². The molecule has 0 aliphatic rings. The zero-order chi connectivity index (χ0) is 14.5. The molecule has 2 radical (unpaired) electrons. The molecule has 0 fully saturated rings. The number of Topliss-reactive ketones (excluding diaryl/α,β-unsaturated/α-hetero) is 1. The van der Waals surface area contributed by atoms with E-state index in [4.69, 9.17) is 12.6 Å². The summed E-state index contributed by atoms with van der Waals surface area (Å²) >= 11 is 0. The molecule has 1 heterocycles. The van der Waals surface area contributed by atoms with Crippen LogP contribution in [0, 0.1) is 0 Å². The Morgan fingerprint density at radius 1 is 1.30 bits per heavy atom. The number of ether oxygens (including phenoxy) is 1. The molecule has 1 aromatic carbocycles. The molecule has 2 aromatic rings. The highest BCUT2D eigenvalue weighted by Crippen LogP contribution is 2.12. The first-order valence-electron chi connectivity index (χ1n) is 6.57. The molecule has 4 heteroatoms. The van der Waals surface area contributed by atoms with Gasteiger partial charge in [-0.2, -0.15) is 0 Å². The van der Waals surface area contributed by atoms with Gasteiger partial charge < -0.3 is 4.74 Å². The lowest BCUT2D eigenvalue weighted by Gasteiger charge is -2.10. The van der Waals surface area contributed by atoms with Crippen molar-refractivity contribution in [1.29, 1.82) is 0 Å². The van der Waals surface area contributed by atoms with E-state index in [0.717, 1.165) is 12.1 Å². The normalized spacial score (nSPS) is 10.3. The van der Waals surface area contributed by atoms with Crippen LogP contribution in [-0.4, -0.2) is 18.6 Å². The van der Waals surface area contributed by atoms with E-state index in [9.17, 15) is 4.79 Å². The van der Waals surface area contributed by atoms with Crippen LogP contribution in [0.25, 0.3) is 0 Å². The van der Waals surface area contributed by atoms with Crippen LogP contribution in [0.2, 0.25) is 0 Å². The number of carbonyl (C=O) groups excluding carboxylic acids is 1. The summed E-state index contributed by atoms with van der Waals surface area (Å²) in [6, 6.07) is 9.06. The molecule has 0 bridgehead atoms. The summed E-state index contributed by atoms with van der Waals surface area (Å²) in [4.78, 5) is 15.5. The van der Waals surface area contributed by atoms with E-state index in [1.54, 1.807) is 24.4 Å². The molecule has 0 unspecified atom stereocenters. The minimum Gasteiger partial charge on any atom is -0.488 e. The van der Waals surface area contributed by atoms with Gasteiger partial charge in [0.2, 0.25) is 0 Å². The van der Waals surface area contributed by atoms with Crippen LogP contribution in [0.3, 0.4) is 0 Å². The average molecular weight is 265 g/mol. The Labute approximate surface area is 120 Å². The number of nitrogens with zero attached hydrogens (tertiary/aromatic N) is 1. The van der Waals surface area contributed by atoms with Crippen LogP contribution in [0.15, 0.2) is 36.5 Å². The predicted molar refractivity (Wildman–Crippen MR) is 79.8 cm³/mol. The highest BCUT2D eigenvalue weighted by molar-refractivity contribution is 6.34. The lowest BCUT2D eigenvalue weighted by Crippen LogP contribution is -2.12. The summed E-state index contributed by atoms with van der Waals surface area (Å²) in [6.45, 7) is 3.96. The maximum absolute atomic E-state index is 11.3. The van der Waals surface area contributed by atoms with Crippen molar-refractivity contribution in [3.05, 3.63) is 53.3 Å². The zero-order valence-electron chi connectivity index (χ0n) is 11.7. The summed E-state index contributed by atoms with van der Waals surface area (Å²) < 4.78 is 5.66. The smallest absolute Gasteiger partial charge is 0.159 e. The van der Waals surface area contributed by atoms with Crippen molar-refractivity contribution in [1.82, 2.24) is 4.98 Å². The molecular weight excluding hydrogens is 249 g/mol. The van der Waals surface area contributed by atoms with Crippen molar-refractivity contribution in [2.45, 2.75) is 26.9 Å². The Morgan fingerprint density at radius 2 is 2.10 bits per heavy atom. The molecule has 0 amide bonds. The highest BCUT2D eigenvalue weighted by atomic mass is 16.5. The molecule has 1 aromatic heterocycles. The van der Waals surface area contributed by atoms with Gasteiger partial charge in [-0.3, -0.25) is 9.78 Å². The largest absolute Gasteiger partial charge is 0.488 e. The van der Waals surface area contributed by atoms with E-state index in [-0.39, 0.29) is 5.78 Å². The maximum Gasteiger partial charge on any atom is 0.159 e. The Morgan fingerprint density at radius 3 is 2.75 bits per heavy atom. The summed E-state index contributed by atoms with van der Waals surface area (Å²) in [7, 11) is 5.88. The quantitative estimate of drug-likeness (QED) is 0.614. The Kier molecular flexibility index (Phi) is 4.56. The number of hydrogen-bond acceptors (Lipinski definition) is 3. The predicted octanol–water partition coefficient (Wildman–Crippen LogP) is 2.22. The lowest BCUT2D eigenvalue weighted by atomic mass is 9.92. The van der Waals surface area contributed by atoms with Crippen molar-refractivity contribution in [2.75, 3.05) is 0 Å². The van der Waals surface area contributed by atoms with Crippen LogP contribution >= 0.6 is 0 Å². The molecule has 20 heavy (non-hydrogen) atoms. The highest BCUT2D eigenvalue weighted by Gasteiger charge is 2.05. The first-order valence-corrected chi connectivity index (χ1v) is 6.57. The van der Waals surface area contributed by atoms with E-state index in [1.807, 2.05) is 12.1 Å². The standard InChI is InChI=1S/C16H16BNO2/c1-3-12-6-7-18-14(8-12)10-20-16-5-4-13(11(2)19)9-15(16)17/h4-9H,3,10H2,1-2H3. The molecule has 0 aliphatic carbocycles. The first-order chi connectivity index (χ1) is 9.60. The second-order valence-electron chi connectivity index (χ2n) is 4.61. The summed E-state index contributed by atoms with van der Waals surface area (Å²) in [5.74, 6) is 0.555. The van der Waals surface area contributed by atoms with Gasteiger partial charge >= 0.3 is 0 Å². The number of carbonyl (C=O) groups is 1. The van der Waals surface area contributed by atoms with Gasteiger partial charge in [0.05, 0.1) is 5.69 Å². The molecular formula is C16H16BNO2. The minimum atomic E-state index is -0.0134. The molecule has 0 saturated heterocycles. The van der Waals surface area contributed by atoms with Gasteiger partial charge in [-0.25, -0.2) is 0 Å². The third-order valence-electron chi connectivity index (χ3n) is 3.08. The average Bonchev–Trinajstić information content (AvgIpc) is 2.46. The van der Waals surface area contributed by atoms with Gasteiger partial charge in [0.15, 0.2) is 5.78 Å². The monoisotopic (exact) mass is 265 g/mol. The lowest BCUT2D eigenvalue weighted by molar-refractivity contribution is 0.101.